The number of nitrogens with two attached hydrogens (primary N) is 1. The highest BCUT2D eigenvalue weighted by atomic mass is 32.1. The van der Waals surface area contributed by atoms with Crippen LogP contribution in [0, 0.1) is 12.8 Å². The summed E-state index contributed by atoms with van der Waals surface area (Å²) < 4.78 is 5.66. The Labute approximate surface area is 95.4 Å². The van der Waals surface area contributed by atoms with Gasteiger partial charge in [-0.1, -0.05) is 12.2 Å². The van der Waals surface area contributed by atoms with Gasteiger partial charge < -0.3 is 10.5 Å². The SMILES string of the molecule is Cc1cc(OCC2CC2)ccc1C(N)=S. The van der Waals surface area contributed by atoms with Gasteiger partial charge in [-0.2, -0.15) is 0 Å². The molecule has 3 heteroatoms. The van der Waals surface area contributed by atoms with Crippen molar-refractivity contribution < 1.29 is 4.74 Å². The smallest absolute Gasteiger partial charge is 0.119 e. The minimum absolute atomic E-state index is 0.446. The van der Waals surface area contributed by atoms with E-state index in [9.17, 15) is 0 Å². The molecule has 2 nitrogen and oxygen atoms in total. The van der Waals surface area contributed by atoms with Gasteiger partial charge in [-0.25, -0.2) is 0 Å². The standard InChI is InChI=1S/C12H15NOS/c1-8-6-10(14-7-9-2-3-9)4-5-11(8)12(13)15/h4-6,9H,2-3,7H2,1H3,(H2,13,15). The first kappa shape index (κ1) is 10.4. The first-order valence-corrected chi connectivity index (χ1v) is 5.61. The van der Waals surface area contributed by atoms with Crippen molar-refractivity contribution in [3.63, 3.8) is 0 Å². The van der Waals surface area contributed by atoms with Gasteiger partial charge in [-0.3, -0.25) is 0 Å². The highest BCUT2D eigenvalue weighted by Gasteiger charge is 2.21. The summed E-state index contributed by atoms with van der Waals surface area (Å²) in [5.74, 6) is 1.69. The van der Waals surface area contributed by atoms with E-state index < -0.39 is 0 Å². The number of hydrogen-bond donors (Lipinski definition) is 1. The Balaban J connectivity index is 2.06. The zero-order valence-corrected chi connectivity index (χ0v) is 9.64. The van der Waals surface area contributed by atoms with E-state index in [1.807, 2.05) is 25.1 Å². The molecule has 0 heterocycles. The van der Waals surface area contributed by atoms with Crippen molar-refractivity contribution in [2.24, 2.45) is 11.7 Å². The number of thiocarbonyl (C=S) groups is 1. The van der Waals surface area contributed by atoms with Crippen LogP contribution in [0.4, 0.5) is 0 Å². The molecule has 0 radical (unpaired) electrons. The van der Waals surface area contributed by atoms with Gasteiger partial charge in [0.1, 0.15) is 10.7 Å². The molecule has 1 aliphatic rings. The Morgan fingerprint density at radius 3 is 2.80 bits per heavy atom. The van der Waals surface area contributed by atoms with Crippen molar-refractivity contribution >= 4 is 17.2 Å². The fourth-order valence-electron chi connectivity index (χ4n) is 1.50. The monoisotopic (exact) mass is 221 g/mol. The van der Waals surface area contributed by atoms with Crippen LogP contribution in [-0.4, -0.2) is 11.6 Å². The molecule has 1 aliphatic carbocycles. The third-order valence-corrected chi connectivity index (χ3v) is 2.87. The van der Waals surface area contributed by atoms with Crippen LogP contribution in [0.15, 0.2) is 18.2 Å². The van der Waals surface area contributed by atoms with Gasteiger partial charge in [-0.05, 0) is 49.4 Å². The summed E-state index contributed by atoms with van der Waals surface area (Å²) in [6.45, 7) is 2.84. The maximum absolute atomic E-state index is 5.66. The molecule has 0 unspecified atom stereocenters. The Bertz CT molecular complexity index is 385. The van der Waals surface area contributed by atoms with Gasteiger partial charge in [0.05, 0.1) is 6.61 Å². The van der Waals surface area contributed by atoms with Gasteiger partial charge in [0, 0.05) is 5.56 Å². The summed E-state index contributed by atoms with van der Waals surface area (Å²) in [5.41, 5.74) is 7.60. The van der Waals surface area contributed by atoms with E-state index in [-0.39, 0.29) is 0 Å². The van der Waals surface area contributed by atoms with Crippen molar-refractivity contribution in [1.29, 1.82) is 0 Å². The van der Waals surface area contributed by atoms with Crippen molar-refractivity contribution in [2.75, 3.05) is 6.61 Å². The average molecular weight is 221 g/mol. The molecule has 2 N–H and O–H groups in total. The minimum Gasteiger partial charge on any atom is -0.493 e. The molecule has 0 amide bonds. The predicted octanol–water partition coefficient (Wildman–Crippen LogP) is 2.42. The Morgan fingerprint density at radius 2 is 2.27 bits per heavy atom. The zero-order valence-electron chi connectivity index (χ0n) is 8.82. The molecule has 1 fully saturated rings. The maximum atomic E-state index is 5.66. The number of aryl methyl sites for hydroxylation is 1. The number of hydrogen-bond acceptors (Lipinski definition) is 2. The van der Waals surface area contributed by atoms with Crippen LogP contribution < -0.4 is 10.5 Å². The van der Waals surface area contributed by atoms with Crippen molar-refractivity contribution in [1.82, 2.24) is 0 Å². The number of rotatable bonds is 4. The van der Waals surface area contributed by atoms with Crippen LogP contribution in [-0.2, 0) is 0 Å². The van der Waals surface area contributed by atoms with Gasteiger partial charge in [0.25, 0.3) is 0 Å². The molecule has 2 rings (SSSR count). The van der Waals surface area contributed by atoms with Crippen LogP contribution in [0.3, 0.4) is 0 Å². The Kier molecular flexibility index (Phi) is 2.91. The van der Waals surface area contributed by atoms with E-state index in [0.717, 1.165) is 29.4 Å². The quantitative estimate of drug-likeness (QED) is 0.793. The molecule has 80 valence electrons. The molecular weight excluding hydrogens is 206 g/mol. The lowest BCUT2D eigenvalue weighted by atomic mass is 10.1. The molecular formula is C12H15NOS. The second-order valence-corrected chi connectivity index (χ2v) is 4.54. The molecule has 0 aliphatic heterocycles. The summed E-state index contributed by atoms with van der Waals surface area (Å²) in [4.78, 5) is 0.446. The zero-order chi connectivity index (χ0) is 10.8. The van der Waals surface area contributed by atoms with Crippen LogP contribution in [0.25, 0.3) is 0 Å². The van der Waals surface area contributed by atoms with E-state index in [1.54, 1.807) is 0 Å². The van der Waals surface area contributed by atoms with Crippen molar-refractivity contribution in [3.8, 4) is 5.75 Å². The molecule has 0 atom stereocenters. The second-order valence-electron chi connectivity index (χ2n) is 4.10. The normalized spacial score (nSPS) is 15.0. The summed E-state index contributed by atoms with van der Waals surface area (Å²) in [6, 6.07) is 5.86. The number of benzene rings is 1. The molecule has 0 saturated heterocycles. The summed E-state index contributed by atoms with van der Waals surface area (Å²) >= 11 is 4.95. The largest absolute Gasteiger partial charge is 0.493 e. The highest BCUT2D eigenvalue weighted by molar-refractivity contribution is 7.80. The molecule has 0 spiro atoms. The van der Waals surface area contributed by atoms with Crippen molar-refractivity contribution in [3.05, 3.63) is 29.3 Å². The summed E-state index contributed by atoms with van der Waals surface area (Å²) in [7, 11) is 0. The molecule has 1 aromatic carbocycles. The van der Waals surface area contributed by atoms with Gasteiger partial charge in [0.15, 0.2) is 0 Å². The lowest BCUT2D eigenvalue weighted by molar-refractivity contribution is 0.299. The highest BCUT2D eigenvalue weighted by Crippen LogP contribution is 2.29. The fraction of sp³-hybridized carbons (Fsp3) is 0.417. The molecule has 1 aromatic rings. The van der Waals surface area contributed by atoms with E-state index in [0.29, 0.717) is 4.99 Å². The minimum atomic E-state index is 0.446. The lowest BCUT2D eigenvalue weighted by Crippen LogP contribution is -2.11. The van der Waals surface area contributed by atoms with E-state index >= 15 is 0 Å². The Hall–Kier alpha value is -1.09. The maximum Gasteiger partial charge on any atom is 0.119 e. The molecule has 1 saturated carbocycles. The molecule has 0 bridgehead atoms. The Morgan fingerprint density at radius 1 is 1.53 bits per heavy atom. The predicted molar refractivity (Wildman–Crippen MR) is 65.3 cm³/mol. The first-order chi connectivity index (χ1) is 7.16. The average Bonchev–Trinajstić information content (AvgIpc) is 2.97. The van der Waals surface area contributed by atoms with Crippen LogP contribution in [0.1, 0.15) is 24.0 Å². The van der Waals surface area contributed by atoms with Gasteiger partial charge in [-0.15, -0.1) is 0 Å². The van der Waals surface area contributed by atoms with E-state index in [1.165, 1.54) is 12.8 Å². The topological polar surface area (TPSA) is 35.2 Å². The summed E-state index contributed by atoms with van der Waals surface area (Å²) in [5, 5.41) is 0. The first-order valence-electron chi connectivity index (χ1n) is 5.20. The van der Waals surface area contributed by atoms with Crippen LogP contribution >= 0.6 is 12.2 Å². The van der Waals surface area contributed by atoms with Gasteiger partial charge >= 0.3 is 0 Å². The lowest BCUT2D eigenvalue weighted by Gasteiger charge is -2.08. The number of ether oxygens (including phenoxy) is 1. The van der Waals surface area contributed by atoms with Gasteiger partial charge in [0.2, 0.25) is 0 Å². The third kappa shape index (κ3) is 2.69. The second kappa shape index (κ2) is 4.19. The van der Waals surface area contributed by atoms with E-state index in [2.05, 4.69) is 0 Å². The molecule has 0 aromatic heterocycles. The van der Waals surface area contributed by atoms with Crippen LogP contribution in [0.2, 0.25) is 0 Å². The van der Waals surface area contributed by atoms with Crippen LogP contribution in [0.5, 0.6) is 5.75 Å². The van der Waals surface area contributed by atoms with E-state index in [4.69, 9.17) is 22.7 Å². The third-order valence-electron chi connectivity index (χ3n) is 2.65. The van der Waals surface area contributed by atoms with Crippen molar-refractivity contribution in [2.45, 2.75) is 19.8 Å². The summed E-state index contributed by atoms with van der Waals surface area (Å²) in [6.07, 6.45) is 2.62. The molecule has 15 heavy (non-hydrogen) atoms. The fourth-order valence-corrected chi connectivity index (χ4v) is 1.73.